The molecule has 1 N–H and O–H groups in total. The Bertz CT molecular complexity index is 643. The van der Waals surface area contributed by atoms with Crippen molar-refractivity contribution in [2.45, 2.75) is 37.2 Å². The van der Waals surface area contributed by atoms with E-state index in [0.717, 1.165) is 22.2 Å². The Morgan fingerprint density at radius 3 is 2.82 bits per heavy atom. The Morgan fingerprint density at radius 2 is 2.09 bits per heavy atom. The molecule has 0 aliphatic carbocycles. The van der Waals surface area contributed by atoms with Crippen LogP contribution in [0.1, 0.15) is 24.5 Å². The number of nitrogens with zero attached hydrogens (tertiary/aromatic N) is 2. The fourth-order valence-electron chi connectivity index (χ4n) is 1.62. The molecule has 118 valence electrons. The number of nitrogens with one attached hydrogen (secondary N) is 1. The number of hydrogen-bond donors (Lipinski definition) is 1. The van der Waals surface area contributed by atoms with E-state index in [-0.39, 0.29) is 5.91 Å². The lowest BCUT2D eigenvalue weighted by molar-refractivity contribution is -0.113. The molecule has 1 aromatic carbocycles. The van der Waals surface area contributed by atoms with Gasteiger partial charge in [0.05, 0.1) is 5.75 Å². The van der Waals surface area contributed by atoms with Gasteiger partial charge in [0.2, 0.25) is 16.2 Å². The first-order valence-corrected chi connectivity index (χ1v) is 9.79. The van der Waals surface area contributed by atoms with E-state index >= 15 is 0 Å². The molecule has 2 rings (SSSR count). The molecular formula is C15H19N3OS3. The van der Waals surface area contributed by atoms with E-state index in [2.05, 4.69) is 47.6 Å². The number of hydrogen-bond acceptors (Lipinski definition) is 6. The van der Waals surface area contributed by atoms with Gasteiger partial charge in [-0.3, -0.25) is 10.1 Å². The van der Waals surface area contributed by atoms with Crippen molar-refractivity contribution in [1.82, 2.24) is 9.36 Å². The Balaban J connectivity index is 1.82. The van der Waals surface area contributed by atoms with Crippen LogP contribution in [0.15, 0.2) is 28.3 Å². The van der Waals surface area contributed by atoms with E-state index in [0.29, 0.717) is 10.9 Å². The maximum absolute atomic E-state index is 12.0. The highest BCUT2D eigenvalue weighted by atomic mass is 32.2. The quantitative estimate of drug-likeness (QED) is 0.748. The summed E-state index contributed by atoms with van der Waals surface area (Å²) in [5.74, 6) is 1.32. The Kier molecular flexibility index (Phi) is 6.72. The average molecular weight is 354 g/mol. The average Bonchev–Trinajstić information content (AvgIpc) is 2.94. The predicted octanol–water partition coefficient (Wildman–Crippen LogP) is 4.39. The second kappa shape index (κ2) is 8.55. The molecule has 2 aromatic rings. The largest absolute Gasteiger partial charge is 0.300 e. The van der Waals surface area contributed by atoms with Crippen LogP contribution in [0.5, 0.6) is 0 Å². The Morgan fingerprint density at radius 1 is 1.27 bits per heavy atom. The van der Waals surface area contributed by atoms with Crippen LogP contribution in [-0.4, -0.2) is 26.8 Å². The Labute approximate surface area is 143 Å². The van der Waals surface area contributed by atoms with Gasteiger partial charge in [0.15, 0.2) is 0 Å². The number of aryl methyl sites for hydroxylation is 2. The molecule has 1 aromatic heterocycles. The zero-order valence-corrected chi connectivity index (χ0v) is 15.3. The molecule has 0 unspecified atom stereocenters. The van der Waals surface area contributed by atoms with Crippen molar-refractivity contribution in [3.63, 3.8) is 0 Å². The molecule has 0 fully saturated rings. The number of carbonyl (C=O) groups is 1. The van der Waals surface area contributed by atoms with Crippen LogP contribution >= 0.6 is 35.1 Å². The molecule has 0 saturated carbocycles. The molecule has 4 nitrogen and oxygen atoms in total. The summed E-state index contributed by atoms with van der Waals surface area (Å²) in [7, 11) is 0. The molecule has 0 saturated heterocycles. The highest BCUT2D eigenvalue weighted by molar-refractivity contribution is 8.00. The number of carbonyl (C=O) groups excluding carboxylic acids is 1. The summed E-state index contributed by atoms with van der Waals surface area (Å²) in [6.07, 6.45) is 1.08. The third-order valence-corrected chi connectivity index (χ3v) is 5.73. The van der Waals surface area contributed by atoms with E-state index in [1.54, 1.807) is 11.8 Å². The van der Waals surface area contributed by atoms with E-state index in [9.17, 15) is 4.79 Å². The molecular weight excluding hydrogens is 334 g/mol. The monoisotopic (exact) mass is 353 g/mol. The van der Waals surface area contributed by atoms with Crippen LogP contribution in [-0.2, 0) is 4.79 Å². The minimum Gasteiger partial charge on any atom is -0.300 e. The second-order valence-electron chi connectivity index (χ2n) is 4.81. The number of anilines is 1. The predicted molar refractivity (Wildman–Crippen MR) is 96.2 cm³/mol. The zero-order valence-electron chi connectivity index (χ0n) is 12.9. The van der Waals surface area contributed by atoms with Crippen molar-refractivity contribution in [1.29, 1.82) is 0 Å². The van der Waals surface area contributed by atoms with Gasteiger partial charge in [-0.15, -0.1) is 11.8 Å². The third kappa shape index (κ3) is 5.30. The normalized spacial score (nSPS) is 10.7. The van der Waals surface area contributed by atoms with Crippen LogP contribution in [0.3, 0.4) is 0 Å². The minimum absolute atomic E-state index is 0.0496. The van der Waals surface area contributed by atoms with E-state index in [4.69, 9.17) is 0 Å². The highest BCUT2D eigenvalue weighted by Gasteiger charge is 2.09. The maximum Gasteiger partial charge on any atom is 0.236 e. The first kappa shape index (κ1) is 17.3. The lowest BCUT2D eigenvalue weighted by Gasteiger charge is -2.05. The maximum atomic E-state index is 12.0. The van der Waals surface area contributed by atoms with Gasteiger partial charge in [-0.25, -0.2) is 0 Å². The van der Waals surface area contributed by atoms with Crippen molar-refractivity contribution in [2.75, 3.05) is 16.8 Å². The van der Waals surface area contributed by atoms with Crippen molar-refractivity contribution in [3.8, 4) is 0 Å². The molecule has 1 amide bonds. The smallest absolute Gasteiger partial charge is 0.236 e. The standard InChI is InChI=1S/C15H19N3OS3/c1-4-7-20-15-17-14(22-18-15)16-13(19)9-21-12-6-5-10(2)11(3)8-12/h5-6,8H,4,7,9H2,1-3H3,(H,16,17,18,19). The van der Waals surface area contributed by atoms with E-state index in [1.165, 1.54) is 34.4 Å². The van der Waals surface area contributed by atoms with Crippen molar-refractivity contribution >= 4 is 46.1 Å². The van der Waals surface area contributed by atoms with Crippen LogP contribution < -0.4 is 5.32 Å². The first-order valence-electron chi connectivity index (χ1n) is 7.05. The van der Waals surface area contributed by atoms with Gasteiger partial charge >= 0.3 is 0 Å². The van der Waals surface area contributed by atoms with E-state index in [1.807, 2.05) is 6.07 Å². The number of aromatic nitrogens is 2. The Hall–Kier alpha value is -1.05. The number of rotatable bonds is 7. The molecule has 22 heavy (non-hydrogen) atoms. The van der Waals surface area contributed by atoms with Gasteiger partial charge in [0.1, 0.15) is 0 Å². The van der Waals surface area contributed by atoms with Gasteiger partial charge in [-0.2, -0.15) is 9.36 Å². The van der Waals surface area contributed by atoms with Crippen LogP contribution in [0.4, 0.5) is 5.13 Å². The number of benzene rings is 1. The van der Waals surface area contributed by atoms with Crippen molar-refractivity contribution in [2.24, 2.45) is 0 Å². The van der Waals surface area contributed by atoms with Gasteiger partial charge in [0.25, 0.3) is 0 Å². The minimum atomic E-state index is -0.0496. The summed E-state index contributed by atoms with van der Waals surface area (Å²) in [6.45, 7) is 6.28. The topological polar surface area (TPSA) is 54.9 Å². The lowest BCUT2D eigenvalue weighted by Crippen LogP contribution is -2.13. The van der Waals surface area contributed by atoms with Gasteiger partial charge in [-0.05, 0) is 43.5 Å². The molecule has 0 spiro atoms. The summed E-state index contributed by atoms with van der Waals surface area (Å²) in [6, 6.07) is 6.24. The number of amides is 1. The highest BCUT2D eigenvalue weighted by Crippen LogP contribution is 2.23. The SMILES string of the molecule is CCCSc1nsc(NC(=O)CSc2ccc(C)c(C)c2)n1. The molecule has 7 heteroatoms. The van der Waals surface area contributed by atoms with Crippen molar-refractivity contribution in [3.05, 3.63) is 29.3 Å². The van der Waals surface area contributed by atoms with Gasteiger partial charge in [0, 0.05) is 22.2 Å². The fourth-order valence-corrected chi connectivity index (χ4v) is 3.83. The molecule has 0 radical (unpaired) electrons. The zero-order chi connectivity index (χ0) is 15.9. The lowest BCUT2D eigenvalue weighted by atomic mass is 10.1. The van der Waals surface area contributed by atoms with Gasteiger partial charge < -0.3 is 0 Å². The van der Waals surface area contributed by atoms with Crippen LogP contribution in [0, 0.1) is 13.8 Å². The summed E-state index contributed by atoms with van der Waals surface area (Å²) in [4.78, 5) is 17.4. The summed E-state index contributed by atoms with van der Waals surface area (Å²) < 4.78 is 4.22. The second-order valence-corrected chi connectivity index (χ2v) is 7.68. The summed E-state index contributed by atoms with van der Waals surface area (Å²) in [5.41, 5.74) is 2.51. The third-order valence-electron chi connectivity index (χ3n) is 2.94. The summed E-state index contributed by atoms with van der Waals surface area (Å²) in [5, 5.41) is 4.12. The summed E-state index contributed by atoms with van der Waals surface area (Å²) >= 11 is 4.37. The van der Waals surface area contributed by atoms with Crippen molar-refractivity contribution < 1.29 is 4.79 Å². The number of thioether (sulfide) groups is 2. The molecule has 0 bridgehead atoms. The molecule has 0 aliphatic rings. The van der Waals surface area contributed by atoms with E-state index < -0.39 is 0 Å². The molecule has 0 atom stereocenters. The fraction of sp³-hybridized carbons (Fsp3) is 0.400. The van der Waals surface area contributed by atoms with Crippen LogP contribution in [0.25, 0.3) is 0 Å². The van der Waals surface area contributed by atoms with Crippen LogP contribution in [0.2, 0.25) is 0 Å². The van der Waals surface area contributed by atoms with Gasteiger partial charge in [-0.1, -0.05) is 24.8 Å². The molecule has 0 aliphatic heterocycles. The first-order chi connectivity index (χ1) is 10.6. The molecule has 1 heterocycles.